The molecule has 1 amide bonds. The van der Waals surface area contributed by atoms with Gasteiger partial charge in [0.25, 0.3) is 0 Å². The molecule has 0 aliphatic carbocycles. The van der Waals surface area contributed by atoms with E-state index in [4.69, 9.17) is 6.42 Å². The summed E-state index contributed by atoms with van der Waals surface area (Å²) < 4.78 is 0. The molecule has 0 unspecified atom stereocenters. The first kappa shape index (κ1) is 11.3. The average molecular weight is 179 g/mol. The molecule has 0 saturated heterocycles. The van der Waals surface area contributed by atoms with Crippen molar-refractivity contribution in [1.29, 1.82) is 0 Å². The molecule has 0 aliphatic heterocycles. The first-order chi connectivity index (χ1) is 6.77. The second-order valence-corrected chi connectivity index (χ2v) is 1.83. The molecule has 0 heterocycles. The summed E-state index contributed by atoms with van der Waals surface area (Å²) in [5.41, 5.74) is 0. The topological polar surface area (TPSA) is 29.1 Å². The normalized spacial score (nSPS) is 4.86. The van der Waals surface area contributed by atoms with Crippen LogP contribution in [0.2, 0.25) is 0 Å². The van der Waals surface area contributed by atoms with Gasteiger partial charge in [-0.05, 0) is 23.7 Å². The lowest BCUT2D eigenvalue weighted by atomic mass is 10.5. The fourth-order valence-electron chi connectivity index (χ4n) is 0.343. The zero-order chi connectivity index (χ0) is 10.6. The van der Waals surface area contributed by atoms with E-state index in [2.05, 4.69) is 58.7 Å². The molecule has 0 atom stereocenters. The highest BCUT2D eigenvalue weighted by Crippen LogP contribution is 1.56. The van der Waals surface area contributed by atoms with Crippen molar-refractivity contribution in [1.82, 2.24) is 5.32 Å². The molecule has 0 radical (unpaired) electrons. The van der Waals surface area contributed by atoms with Gasteiger partial charge in [0, 0.05) is 36.6 Å². The molecule has 64 valence electrons. The molecule has 1 N–H and O–H groups in total. The molecule has 0 bridgehead atoms. The van der Waals surface area contributed by atoms with Crippen LogP contribution in [0.3, 0.4) is 0 Å². The summed E-state index contributed by atoms with van der Waals surface area (Å²) in [6, 6.07) is 2.33. The van der Waals surface area contributed by atoms with E-state index in [1.807, 2.05) is 0 Å². The maximum atomic E-state index is 10.3. The molecule has 0 aromatic heterocycles. The van der Waals surface area contributed by atoms with Gasteiger partial charge in [-0.3, -0.25) is 10.1 Å². The molecule has 0 aromatic rings. The van der Waals surface area contributed by atoms with E-state index in [1.165, 1.54) is 6.92 Å². The molecule has 14 heavy (non-hydrogen) atoms. The van der Waals surface area contributed by atoms with E-state index >= 15 is 0 Å². The van der Waals surface area contributed by atoms with Gasteiger partial charge in [-0.1, -0.05) is 0 Å². The van der Waals surface area contributed by atoms with Crippen LogP contribution in [0.4, 0.5) is 0 Å². The summed E-state index contributed by atoms with van der Waals surface area (Å²) >= 11 is 0. The highest BCUT2D eigenvalue weighted by Gasteiger charge is 1.78. The summed E-state index contributed by atoms with van der Waals surface area (Å²) in [4.78, 5) is 10.3. The third-order valence-corrected chi connectivity index (χ3v) is 0.748. The van der Waals surface area contributed by atoms with Crippen molar-refractivity contribution >= 4 is 5.91 Å². The fraction of sp³-hybridized carbons (Fsp3) is 0.0833. The minimum Gasteiger partial charge on any atom is -0.285 e. The predicted octanol–water partition coefficient (Wildman–Crippen LogP) is -0.273. The summed E-state index contributed by atoms with van der Waals surface area (Å²) in [6.45, 7) is 1.36. The van der Waals surface area contributed by atoms with Crippen molar-refractivity contribution in [2.75, 3.05) is 0 Å². The molecular formula is C12H5NO. The highest BCUT2D eigenvalue weighted by molar-refractivity contribution is 5.74. The minimum absolute atomic E-state index is 0.231. The molecule has 2 heteroatoms. The van der Waals surface area contributed by atoms with E-state index in [9.17, 15) is 4.79 Å². The van der Waals surface area contributed by atoms with Crippen LogP contribution in [-0.4, -0.2) is 5.91 Å². The van der Waals surface area contributed by atoms with E-state index in [-0.39, 0.29) is 5.91 Å². The van der Waals surface area contributed by atoms with E-state index < -0.39 is 0 Å². The van der Waals surface area contributed by atoms with Gasteiger partial charge in [0.05, 0.1) is 0 Å². The molecule has 2 nitrogen and oxygen atoms in total. The van der Waals surface area contributed by atoms with Crippen LogP contribution in [0.25, 0.3) is 0 Å². The maximum Gasteiger partial charge on any atom is 0.228 e. The van der Waals surface area contributed by atoms with Gasteiger partial charge in [0.1, 0.15) is 0 Å². The lowest BCUT2D eigenvalue weighted by molar-refractivity contribution is -0.117. The lowest BCUT2D eigenvalue weighted by Gasteiger charge is -1.80. The van der Waals surface area contributed by atoms with Crippen LogP contribution in [-0.2, 0) is 4.79 Å². The van der Waals surface area contributed by atoms with Gasteiger partial charge in [0.2, 0.25) is 5.91 Å². The number of nitrogens with one attached hydrogen (secondary N) is 1. The molecule has 0 fully saturated rings. The van der Waals surface area contributed by atoms with Crippen LogP contribution >= 0.6 is 0 Å². The van der Waals surface area contributed by atoms with Gasteiger partial charge in [0.15, 0.2) is 0 Å². The zero-order valence-electron chi connectivity index (χ0n) is 7.49. The van der Waals surface area contributed by atoms with Crippen molar-refractivity contribution in [3.63, 3.8) is 0 Å². The van der Waals surface area contributed by atoms with Gasteiger partial charge in [-0.15, -0.1) is 6.42 Å². The number of carbonyl (C=O) groups excluding carboxylic acids is 1. The molecule has 0 aliphatic rings. The summed E-state index contributed by atoms with van der Waals surface area (Å²) in [5.74, 6) is 18.6. The standard InChI is InChI=1S/C12H5NO/c1-3-4-5-6-7-8-9-10-11-13-12(2)14/h1H,2H3,(H,13,14). The zero-order valence-corrected chi connectivity index (χ0v) is 7.49. The maximum absolute atomic E-state index is 10.3. The fourth-order valence-corrected chi connectivity index (χ4v) is 0.343. The Morgan fingerprint density at radius 1 is 1.00 bits per heavy atom. The van der Waals surface area contributed by atoms with Crippen LogP contribution in [0.1, 0.15) is 6.92 Å². The SMILES string of the molecule is C#CC#CC#CC#CC#CNC(C)=O. The Bertz CT molecular complexity index is 490. The Kier molecular flexibility index (Phi) is 6.74. The first-order valence-corrected chi connectivity index (χ1v) is 3.49. The van der Waals surface area contributed by atoms with Crippen LogP contribution in [0.15, 0.2) is 0 Å². The van der Waals surface area contributed by atoms with Crippen molar-refractivity contribution in [3.05, 3.63) is 0 Å². The first-order valence-electron chi connectivity index (χ1n) is 3.49. The molecule has 0 aromatic carbocycles. The van der Waals surface area contributed by atoms with Crippen LogP contribution in [0, 0.1) is 59.8 Å². The number of rotatable bonds is 0. The predicted molar refractivity (Wildman–Crippen MR) is 53.8 cm³/mol. The van der Waals surface area contributed by atoms with Gasteiger partial charge >= 0.3 is 0 Å². The lowest BCUT2D eigenvalue weighted by Crippen LogP contribution is -2.11. The van der Waals surface area contributed by atoms with E-state index in [0.717, 1.165) is 0 Å². The second kappa shape index (κ2) is 8.37. The Balaban J connectivity index is 4.05. The van der Waals surface area contributed by atoms with Crippen molar-refractivity contribution in [2.24, 2.45) is 0 Å². The largest absolute Gasteiger partial charge is 0.285 e. The molecule has 0 spiro atoms. The average Bonchev–Trinajstić information content (AvgIpc) is 2.15. The Morgan fingerprint density at radius 2 is 1.50 bits per heavy atom. The van der Waals surface area contributed by atoms with Gasteiger partial charge < -0.3 is 0 Å². The van der Waals surface area contributed by atoms with Gasteiger partial charge in [-0.2, -0.15) is 0 Å². The molecule has 0 saturated carbocycles. The number of terminal acetylenes is 1. The van der Waals surface area contributed by atoms with Crippen molar-refractivity contribution < 1.29 is 4.79 Å². The van der Waals surface area contributed by atoms with Gasteiger partial charge in [-0.25, -0.2) is 0 Å². The van der Waals surface area contributed by atoms with E-state index in [0.29, 0.717) is 0 Å². The summed E-state index contributed by atoms with van der Waals surface area (Å²) in [7, 11) is 0. The monoisotopic (exact) mass is 179 g/mol. The Hall–Kier alpha value is -2.73. The number of hydrogen-bond acceptors (Lipinski definition) is 1. The van der Waals surface area contributed by atoms with Crippen molar-refractivity contribution in [2.45, 2.75) is 6.92 Å². The number of amides is 1. The summed E-state index contributed by atoms with van der Waals surface area (Å²) in [5, 5.41) is 2.25. The van der Waals surface area contributed by atoms with Crippen molar-refractivity contribution in [3.8, 4) is 59.8 Å². The third kappa shape index (κ3) is 9.27. The third-order valence-electron chi connectivity index (χ3n) is 0.748. The quantitative estimate of drug-likeness (QED) is 0.402. The van der Waals surface area contributed by atoms with Crippen LogP contribution < -0.4 is 5.32 Å². The molecular weight excluding hydrogens is 174 g/mol. The highest BCUT2D eigenvalue weighted by atomic mass is 16.1. The Morgan fingerprint density at radius 3 is 2.00 bits per heavy atom. The smallest absolute Gasteiger partial charge is 0.228 e. The van der Waals surface area contributed by atoms with Crippen LogP contribution in [0.5, 0.6) is 0 Å². The minimum atomic E-state index is -0.231. The summed E-state index contributed by atoms with van der Waals surface area (Å²) in [6.07, 6.45) is 4.85. The molecule has 0 rings (SSSR count). The second-order valence-electron chi connectivity index (χ2n) is 1.83. The number of carbonyl (C=O) groups is 1. The number of hydrogen-bond donors (Lipinski definition) is 1. The Labute approximate surface area is 83.5 Å². The van der Waals surface area contributed by atoms with E-state index in [1.54, 1.807) is 0 Å².